The Bertz CT molecular complexity index is 139. The van der Waals surface area contributed by atoms with Gasteiger partial charge in [0.2, 0.25) is 0 Å². The molecule has 1 unspecified atom stereocenters. The van der Waals surface area contributed by atoms with Crippen LogP contribution in [0, 0.1) is 0 Å². The van der Waals surface area contributed by atoms with Gasteiger partial charge in [-0.05, 0) is 12.8 Å². The number of carboxylic acids is 1. The summed E-state index contributed by atoms with van der Waals surface area (Å²) < 4.78 is 5.20. The molecule has 0 amide bonds. The Morgan fingerprint density at radius 1 is 1.36 bits per heavy atom. The largest absolute Gasteiger partial charge is 0.480 e. The van der Waals surface area contributed by atoms with Gasteiger partial charge in [0.25, 0.3) is 0 Å². The molecule has 1 N–H and O–H groups in total. The minimum atomic E-state index is -0.881. The van der Waals surface area contributed by atoms with E-state index in [4.69, 9.17) is 9.84 Å². The smallest absolute Gasteiger partial charge is 0.329 e. The third kappa shape index (κ3) is 9.81. The molecule has 0 aliphatic carbocycles. The molecule has 0 aliphatic rings. The SMILES string of the molecule is CCCCCC(CC)OCC(=O)O.Cl. The Balaban J connectivity index is 0. The lowest BCUT2D eigenvalue weighted by Crippen LogP contribution is -2.17. The summed E-state index contributed by atoms with van der Waals surface area (Å²) in [6, 6.07) is 0. The van der Waals surface area contributed by atoms with Crippen molar-refractivity contribution in [2.45, 2.75) is 52.1 Å². The van der Waals surface area contributed by atoms with Gasteiger partial charge in [-0.15, -0.1) is 12.4 Å². The van der Waals surface area contributed by atoms with Crippen molar-refractivity contribution in [3.63, 3.8) is 0 Å². The maximum atomic E-state index is 10.2. The van der Waals surface area contributed by atoms with Crippen LogP contribution in [0.1, 0.15) is 46.0 Å². The summed E-state index contributed by atoms with van der Waals surface area (Å²) in [5.41, 5.74) is 0. The summed E-state index contributed by atoms with van der Waals surface area (Å²) in [6.45, 7) is 4.02. The predicted octanol–water partition coefficient (Wildman–Crippen LogP) is 2.87. The molecule has 0 aliphatic heterocycles. The van der Waals surface area contributed by atoms with E-state index in [0.29, 0.717) is 0 Å². The van der Waals surface area contributed by atoms with Crippen molar-refractivity contribution in [3.8, 4) is 0 Å². The lowest BCUT2D eigenvalue weighted by molar-refractivity contribution is -0.144. The quantitative estimate of drug-likeness (QED) is 0.645. The fourth-order valence-electron chi connectivity index (χ4n) is 1.22. The molecule has 4 heteroatoms. The normalized spacial score (nSPS) is 11.9. The Morgan fingerprint density at radius 2 is 2.00 bits per heavy atom. The number of rotatable bonds is 8. The molecule has 14 heavy (non-hydrogen) atoms. The van der Waals surface area contributed by atoms with E-state index in [1.165, 1.54) is 12.8 Å². The summed E-state index contributed by atoms with van der Waals surface area (Å²) in [4.78, 5) is 10.2. The lowest BCUT2D eigenvalue weighted by atomic mass is 10.1. The standard InChI is InChI=1S/C10H20O3.ClH/c1-3-5-6-7-9(4-2)13-8-10(11)12;/h9H,3-8H2,1-2H3,(H,11,12);1H. The third-order valence-corrected chi connectivity index (χ3v) is 2.03. The first kappa shape index (κ1) is 16.2. The third-order valence-electron chi connectivity index (χ3n) is 2.03. The second-order valence-corrected chi connectivity index (χ2v) is 3.23. The van der Waals surface area contributed by atoms with Crippen LogP contribution in [0.5, 0.6) is 0 Å². The number of hydrogen-bond acceptors (Lipinski definition) is 2. The predicted molar refractivity (Wildman–Crippen MR) is 59.1 cm³/mol. The van der Waals surface area contributed by atoms with E-state index in [2.05, 4.69) is 6.92 Å². The summed E-state index contributed by atoms with van der Waals surface area (Å²) in [7, 11) is 0. The van der Waals surface area contributed by atoms with Gasteiger partial charge < -0.3 is 9.84 Å². The average Bonchev–Trinajstić information content (AvgIpc) is 2.10. The number of halogens is 1. The molecule has 0 saturated carbocycles. The topological polar surface area (TPSA) is 46.5 Å². The molecule has 0 heterocycles. The van der Waals surface area contributed by atoms with E-state index in [-0.39, 0.29) is 25.1 Å². The van der Waals surface area contributed by atoms with E-state index in [9.17, 15) is 4.79 Å². The molecule has 0 aromatic heterocycles. The second-order valence-electron chi connectivity index (χ2n) is 3.23. The van der Waals surface area contributed by atoms with E-state index >= 15 is 0 Å². The molecule has 0 aromatic carbocycles. The van der Waals surface area contributed by atoms with E-state index in [1.807, 2.05) is 6.92 Å². The van der Waals surface area contributed by atoms with Crippen LogP contribution in [0.2, 0.25) is 0 Å². The van der Waals surface area contributed by atoms with Gasteiger partial charge in [0.1, 0.15) is 6.61 Å². The zero-order chi connectivity index (χ0) is 10.1. The van der Waals surface area contributed by atoms with Crippen molar-refractivity contribution in [1.29, 1.82) is 0 Å². The van der Waals surface area contributed by atoms with Crippen LogP contribution >= 0.6 is 12.4 Å². The van der Waals surface area contributed by atoms with E-state index in [0.717, 1.165) is 19.3 Å². The summed E-state index contributed by atoms with van der Waals surface area (Å²) >= 11 is 0. The van der Waals surface area contributed by atoms with Crippen LogP contribution in [0.3, 0.4) is 0 Å². The molecule has 86 valence electrons. The minimum absolute atomic E-state index is 0. The molecule has 0 fully saturated rings. The Kier molecular flexibility index (Phi) is 12.5. The van der Waals surface area contributed by atoms with Gasteiger partial charge in [0, 0.05) is 0 Å². The van der Waals surface area contributed by atoms with Gasteiger partial charge in [-0.1, -0.05) is 33.1 Å². The molecule has 0 rings (SSSR count). The van der Waals surface area contributed by atoms with Crippen molar-refractivity contribution in [1.82, 2.24) is 0 Å². The number of hydrogen-bond donors (Lipinski definition) is 1. The average molecular weight is 225 g/mol. The first-order valence-corrected chi connectivity index (χ1v) is 5.04. The number of carboxylic acid groups (broad SMARTS) is 1. The van der Waals surface area contributed by atoms with Crippen molar-refractivity contribution in [2.24, 2.45) is 0 Å². The van der Waals surface area contributed by atoms with E-state index < -0.39 is 5.97 Å². The molecule has 0 saturated heterocycles. The second kappa shape index (κ2) is 10.8. The molecule has 0 radical (unpaired) electrons. The van der Waals surface area contributed by atoms with Crippen molar-refractivity contribution >= 4 is 18.4 Å². The highest BCUT2D eigenvalue weighted by molar-refractivity contribution is 5.85. The van der Waals surface area contributed by atoms with Crippen LogP contribution in [-0.2, 0) is 9.53 Å². The van der Waals surface area contributed by atoms with E-state index in [1.54, 1.807) is 0 Å². The molecular formula is C10H21ClO3. The molecule has 1 atom stereocenters. The van der Waals surface area contributed by atoms with Crippen molar-refractivity contribution < 1.29 is 14.6 Å². The number of ether oxygens (including phenoxy) is 1. The Morgan fingerprint density at radius 3 is 2.43 bits per heavy atom. The van der Waals surface area contributed by atoms with Gasteiger partial charge in [0.05, 0.1) is 6.10 Å². The monoisotopic (exact) mass is 224 g/mol. The van der Waals surface area contributed by atoms with Crippen LogP contribution in [0.25, 0.3) is 0 Å². The first-order chi connectivity index (χ1) is 6.20. The summed E-state index contributed by atoms with van der Waals surface area (Å²) in [6.07, 6.45) is 5.54. The Labute approximate surface area is 92.2 Å². The number of carbonyl (C=O) groups is 1. The molecular weight excluding hydrogens is 204 g/mol. The minimum Gasteiger partial charge on any atom is -0.480 e. The van der Waals surface area contributed by atoms with Crippen LogP contribution in [0.15, 0.2) is 0 Å². The highest BCUT2D eigenvalue weighted by Gasteiger charge is 2.07. The van der Waals surface area contributed by atoms with Crippen molar-refractivity contribution in [3.05, 3.63) is 0 Å². The fourth-order valence-corrected chi connectivity index (χ4v) is 1.22. The summed E-state index contributed by atoms with van der Waals surface area (Å²) in [5, 5.41) is 8.40. The van der Waals surface area contributed by atoms with Crippen LogP contribution in [0.4, 0.5) is 0 Å². The van der Waals surface area contributed by atoms with Gasteiger partial charge in [-0.25, -0.2) is 4.79 Å². The molecule has 3 nitrogen and oxygen atoms in total. The van der Waals surface area contributed by atoms with Gasteiger partial charge >= 0.3 is 5.97 Å². The maximum Gasteiger partial charge on any atom is 0.329 e. The number of unbranched alkanes of at least 4 members (excludes halogenated alkanes) is 2. The Hall–Kier alpha value is -0.280. The fraction of sp³-hybridized carbons (Fsp3) is 0.900. The highest BCUT2D eigenvalue weighted by Crippen LogP contribution is 2.09. The molecule has 0 aromatic rings. The lowest BCUT2D eigenvalue weighted by Gasteiger charge is -2.13. The van der Waals surface area contributed by atoms with Gasteiger partial charge in [0.15, 0.2) is 0 Å². The molecule has 0 spiro atoms. The van der Waals surface area contributed by atoms with Crippen molar-refractivity contribution in [2.75, 3.05) is 6.61 Å². The molecule has 0 bridgehead atoms. The zero-order valence-electron chi connectivity index (χ0n) is 8.99. The van der Waals surface area contributed by atoms with Crippen LogP contribution in [-0.4, -0.2) is 23.8 Å². The summed E-state index contributed by atoms with van der Waals surface area (Å²) in [5.74, 6) is -0.881. The highest BCUT2D eigenvalue weighted by atomic mass is 35.5. The van der Waals surface area contributed by atoms with Gasteiger partial charge in [-0.2, -0.15) is 0 Å². The van der Waals surface area contributed by atoms with Crippen LogP contribution < -0.4 is 0 Å². The van der Waals surface area contributed by atoms with Gasteiger partial charge in [-0.3, -0.25) is 0 Å². The zero-order valence-corrected chi connectivity index (χ0v) is 9.81. The first-order valence-electron chi connectivity index (χ1n) is 5.04. The number of aliphatic carboxylic acids is 1. The maximum absolute atomic E-state index is 10.2.